The van der Waals surface area contributed by atoms with Crippen LogP contribution < -0.4 is 5.73 Å². The Bertz CT molecular complexity index is 519. The maximum Gasteiger partial charge on any atom is 0.123 e. The van der Waals surface area contributed by atoms with Crippen LogP contribution in [0.4, 0.5) is 4.39 Å². The van der Waals surface area contributed by atoms with Crippen LogP contribution >= 0.6 is 0 Å². The van der Waals surface area contributed by atoms with Crippen LogP contribution in [-0.4, -0.2) is 9.78 Å². The molecule has 2 N–H and O–H groups in total. The van der Waals surface area contributed by atoms with Gasteiger partial charge in [0.1, 0.15) is 5.82 Å². The average molecular weight is 233 g/mol. The number of nitrogens with zero attached hydrogens (tertiary/aromatic N) is 2. The second-order valence-corrected chi connectivity index (χ2v) is 4.28. The molecule has 0 bridgehead atoms. The summed E-state index contributed by atoms with van der Waals surface area (Å²) in [5, 5.41) is 4.25. The van der Waals surface area contributed by atoms with Crippen molar-refractivity contribution in [2.75, 3.05) is 0 Å². The quantitative estimate of drug-likeness (QED) is 0.882. The SMILES string of the molecule is Cc1nn(C)cc1C(N)Cc1cccc(F)c1. The fraction of sp³-hybridized carbons (Fsp3) is 0.308. The molecule has 2 rings (SSSR count). The minimum Gasteiger partial charge on any atom is -0.324 e. The lowest BCUT2D eigenvalue weighted by atomic mass is 10.0. The summed E-state index contributed by atoms with van der Waals surface area (Å²) in [5.41, 5.74) is 8.96. The van der Waals surface area contributed by atoms with Crippen LogP contribution in [-0.2, 0) is 13.5 Å². The van der Waals surface area contributed by atoms with Gasteiger partial charge in [0.2, 0.25) is 0 Å². The summed E-state index contributed by atoms with van der Waals surface area (Å²) < 4.78 is 14.8. The molecule has 2 aromatic rings. The summed E-state index contributed by atoms with van der Waals surface area (Å²) in [4.78, 5) is 0. The summed E-state index contributed by atoms with van der Waals surface area (Å²) in [7, 11) is 1.87. The number of aromatic nitrogens is 2. The molecule has 1 aromatic carbocycles. The van der Waals surface area contributed by atoms with E-state index in [4.69, 9.17) is 5.73 Å². The molecule has 0 aliphatic carbocycles. The van der Waals surface area contributed by atoms with E-state index in [0.29, 0.717) is 6.42 Å². The van der Waals surface area contributed by atoms with Gasteiger partial charge in [-0.15, -0.1) is 0 Å². The highest BCUT2D eigenvalue weighted by molar-refractivity contribution is 5.24. The summed E-state index contributed by atoms with van der Waals surface area (Å²) in [5.74, 6) is -0.224. The predicted molar refractivity (Wildman–Crippen MR) is 65.0 cm³/mol. The molecule has 0 aliphatic heterocycles. The molecule has 0 amide bonds. The lowest BCUT2D eigenvalue weighted by Gasteiger charge is -2.10. The van der Waals surface area contributed by atoms with Crippen molar-refractivity contribution in [3.8, 4) is 0 Å². The van der Waals surface area contributed by atoms with Crippen LogP contribution in [0.25, 0.3) is 0 Å². The van der Waals surface area contributed by atoms with Gasteiger partial charge < -0.3 is 5.73 Å². The van der Waals surface area contributed by atoms with Crippen LogP contribution in [0.5, 0.6) is 0 Å². The second kappa shape index (κ2) is 4.67. The van der Waals surface area contributed by atoms with Gasteiger partial charge in [-0.3, -0.25) is 4.68 Å². The lowest BCUT2D eigenvalue weighted by molar-refractivity contribution is 0.622. The van der Waals surface area contributed by atoms with Gasteiger partial charge in [0.05, 0.1) is 5.69 Å². The largest absolute Gasteiger partial charge is 0.324 e. The van der Waals surface area contributed by atoms with Crippen molar-refractivity contribution < 1.29 is 4.39 Å². The molecular formula is C13H16FN3. The summed E-state index contributed by atoms with van der Waals surface area (Å²) in [6.45, 7) is 1.93. The number of halogens is 1. The summed E-state index contributed by atoms with van der Waals surface area (Å²) in [6, 6.07) is 6.39. The number of aryl methyl sites for hydroxylation is 2. The van der Waals surface area contributed by atoms with Gasteiger partial charge in [-0.1, -0.05) is 12.1 Å². The number of hydrogen-bond donors (Lipinski definition) is 1. The third-order valence-electron chi connectivity index (χ3n) is 2.80. The molecule has 1 aromatic heterocycles. The van der Waals surface area contributed by atoms with Gasteiger partial charge in [0.25, 0.3) is 0 Å². The highest BCUT2D eigenvalue weighted by Gasteiger charge is 2.13. The fourth-order valence-corrected chi connectivity index (χ4v) is 2.01. The van der Waals surface area contributed by atoms with E-state index in [1.54, 1.807) is 10.7 Å². The van der Waals surface area contributed by atoms with E-state index < -0.39 is 0 Å². The minimum absolute atomic E-state index is 0.148. The Morgan fingerprint density at radius 1 is 1.47 bits per heavy atom. The lowest BCUT2D eigenvalue weighted by Crippen LogP contribution is -2.13. The van der Waals surface area contributed by atoms with Crippen molar-refractivity contribution in [2.45, 2.75) is 19.4 Å². The van der Waals surface area contributed by atoms with Gasteiger partial charge in [-0.25, -0.2) is 4.39 Å². The zero-order valence-corrected chi connectivity index (χ0v) is 10.0. The monoisotopic (exact) mass is 233 g/mol. The zero-order chi connectivity index (χ0) is 12.4. The molecule has 3 nitrogen and oxygen atoms in total. The minimum atomic E-state index is -0.224. The first-order valence-electron chi connectivity index (χ1n) is 5.56. The van der Waals surface area contributed by atoms with E-state index in [9.17, 15) is 4.39 Å². The smallest absolute Gasteiger partial charge is 0.123 e. The number of rotatable bonds is 3. The van der Waals surface area contributed by atoms with E-state index in [1.165, 1.54) is 12.1 Å². The Morgan fingerprint density at radius 3 is 2.82 bits per heavy atom. The first kappa shape index (κ1) is 11.8. The van der Waals surface area contributed by atoms with E-state index >= 15 is 0 Å². The topological polar surface area (TPSA) is 43.8 Å². The first-order chi connectivity index (χ1) is 8.06. The summed E-state index contributed by atoms with van der Waals surface area (Å²) >= 11 is 0. The standard InChI is InChI=1S/C13H16FN3/c1-9-12(8-17(2)16-9)13(15)7-10-4-3-5-11(14)6-10/h3-6,8,13H,7,15H2,1-2H3. The molecule has 0 saturated carbocycles. The third-order valence-corrected chi connectivity index (χ3v) is 2.80. The van der Waals surface area contributed by atoms with Crippen molar-refractivity contribution in [3.63, 3.8) is 0 Å². The second-order valence-electron chi connectivity index (χ2n) is 4.28. The van der Waals surface area contributed by atoms with E-state index in [2.05, 4.69) is 5.10 Å². The van der Waals surface area contributed by atoms with Crippen molar-refractivity contribution in [3.05, 3.63) is 53.1 Å². The van der Waals surface area contributed by atoms with Gasteiger partial charge >= 0.3 is 0 Å². The molecule has 90 valence electrons. The predicted octanol–water partition coefficient (Wildman–Crippen LogP) is 2.11. The Hall–Kier alpha value is -1.68. The maximum atomic E-state index is 13.0. The first-order valence-corrected chi connectivity index (χ1v) is 5.56. The van der Waals surface area contributed by atoms with Crippen LogP contribution in [0.3, 0.4) is 0 Å². The maximum absolute atomic E-state index is 13.0. The van der Waals surface area contributed by atoms with Gasteiger partial charge in [0, 0.05) is 24.8 Å². The van der Waals surface area contributed by atoms with E-state index in [-0.39, 0.29) is 11.9 Å². The summed E-state index contributed by atoms with van der Waals surface area (Å²) in [6.07, 6.45) is 2.53. The van der Waals surface area contributed by atoms with Crippen LogP contribution in [0.15, 0.2) is 30.5 Å². The van der Waals surface area contributed by atoms with Crippen molar-refractivity contribution in [2.24, 2.45) is 12.8 Å². The highest BCUT2D eigenvalue weighted by atomic mass is 19.1. The highest BCUT2D eigenvalue weighted by Crippen LogP contribution is 2.18. The van der Waals surface area contributed by atoms with Gasteiger partial charge in [-0.05, 0) is 31.0 Å². The molecule has 0 saturated heterocycles. The average Bonchev–Trinajstić information content (AvgIpc) is 2.58. The molecule has 1 heterocycles. The Morgan fingerprint density at radius 2 is 2.24 bits per heavy atom. The van der Waals surface area contributed by atoms with E-state index in [1.807, 2.05) is 26.2 Å². The van der Waals surface area contributed by atoms with Crippen molar-refractivity contribution >= 4 is 0 Å². The van der Waals surface area contributed by atoms with Crippen LogP contribution in [0.1, 0.15) is 22.9 Å². The molecule has 4 heteroatoms. The Balaban J connectivity index is 2.16. The third kappa shape index (κ3) is 2.71. The van der Waals surface area contributed by atoms with Crippen LogP contribution in [0.2, 0.25) is 0 Å². The van der Waals surface area contributed by atoms with Crippen LogP contribution in [0, 0.1) is 12.7 Å². The van der Waals surface area contributed by atoms with Gasteiger partial charge in [0.15, 0.2) is 0 Å². The molecule has 0 radical (unpaired) electrons. The zero-order valence-electron chi connectivity index (χ0n) is 10.0. The number of hydrogen-bond acceptors (Lipinski definition) is 2. The molecular weight excluding hydrogens is 217 g/mol. The van der Waals surface area contributed by atoms with E-state index in [0.717, 1.165) is 16.8 Å². The number of benzene rings is 1. The molecule has 0 aliphatic rings. The number of nitrogens with two attached hydrogens (primary N) is 1. The fourth-order valence-electron chi connectivity index (χ4n) is 2.01. The molecule has 1 unspecified atom stereocenters. The van der Waals surface area contributed by atoms with Gasteiger partial charge in [-0.2, -0.15) is 5.10 Å². The molecule has 0 fully saturated rings. The molecule has 1 atom stereocenters. The molecule has 17 heavy (non-hydrogen) atoms. The van der Waals surface area contributed by atoms with Crippen molar-refractivity contribution in [1.82, 2.24) is 9.78 Å². The van der Waals surface area contributed by atoms with Crippen molar-refractivity contribution in [1.29, 1.82) is 0 Å². The molecule has 0 spiro atoms. The Kier molecular flexibility index (Phi) is 3.24. The Labute approximate surface area is 100 Å². The normalized spacial score (nSPS) is 12.7.